The van der Waals surface area contributed by atoms with E-state index in [0.717, 1.165) is 27.3 Å². The fourth-order valence-electron chi connectivity index (χ4n) is 4.13. The largest absolute Gasteiger partial charge is 0.494 e. The van der Waals surface area contributed by atoms with Crippen LogP contribution in [0.15, 0.2) is 108 Å². The van der Waals surface area contributed by atoms with E-state index < -0.39 is 11.8 Å². The van der Waals surface area contributed by atoms with E-state index in [1.807, 2.05) is 88.4 Å². The number of aryl methyl sites for hydroxylation is 1. The summed E-state index contributed by atoms with van der Waals surface area (Å²) in [5.41, 5.74) is 4.77. The van der Waals surface area contributed by atoms with Crippen molar-refractivity contribution in [1.82, 2.24) is 5.32 Å². The van der Waals surface area contributed by atoms with Gasteiger partial charge in [0.05, 0.1) is 11.9 Å². The van der Waals surface area contributed by atoms with Crippen molar-refractivity contribution in [3.63, 3.8) is 0 Å². The Kier molecular flexibility index (Phi) is 10.8. The van der Waals surface area contributed by atoms with E-state index in [4.69, 9.17) is 4.74 Å². The number of carbonyl (C=O) groups is 3. The van der Waals surface area contributed by atoms with Gasteiger partial charge in [-0.2, -0.15) is 0 Å². The highest BCUT2D eigenvalue weighted by molar-refractivity contribution is 8.00. The van der Waals surface area contributed by atoms with Crippen molar-refractivity contribution < 1.29 is 19.1 Å². The van der Waals surface area contributed by atoms with E-state index in [1.54, 1.807) is 42.5 Å². The van der Waals surface area contributed by atoms with Gasteiger partial charge in [0.2, 0.25) is 5.91 Å². The lowest BCUT2D eigenvalue weighted by Crippen LogP contribution is -2.30. The maximum Gasteiger partial charge on any atom is 0.272 e. The Bertz CT molecular complexity index is 1600. The molecule has 7 nitrogen and oxygen atoms in total. The normalized spacial score (nSPS) is 11.8. The molecule has 4 aromatic rings. The molecule has 1 unspecified atom stereocenters. The Morgan fingerprint density at radius 1 is 0.837 bits per heavy atom. The van der Waals surface area contributed by atoms with Gasteiger partial charge in [0.1, 0.15) is 11.4 Å². The van der Waals surface area contributed by atoms with Crippen LogP contribution < -0.4 is 20.7 Å². The van der Waals surface area contributed by atoms with Crippen LogP contribution in [0.3, 0.4) is 0 Å². The average molecular weight is 594 g/mol. The third kappa shape index (κ3) is 8.83. The summed E-state index contributed by atoms with van der Waals surface area (Å²) in [5, 5.41) is 8.29. The number of thioether (sulfide) groups is 1. The molecule has 0 spiro atoms. The molecule has 0 saturated carbocycles. The maximum atomic E-state index is 13.4. The van der Waals surface area contributed by atoms with Gasteiger partial charge in [-0.05, 0) is 105 Å². The van der Waals surface area contributed by atoms with Crippen LogP contribution in [-0.4, -0.2) is 29.6 Å². The lowest BCUT2D eigenvalue weighted by Gasteiger charge is -2.15. The number of nitrogens with one attached hydrogen (secondary N) is 3. The molecule has 3 N–H and O–H groups in total. The zero-order valence-corrected chi connectivity index (χ0v) is 25.5. The molecule has 220 valence electrons. The van der Waals surface area contributed by atoms with Crippen molar-refractivity contribution in [1.29, 1.82) is 0 Å². The first-order valence-corrected chi connectivity index (χ1v) is 14.9. The summed E-state index contributed by atoms with van der Waals surface area (Å²) in [4.78, 5) is 40.0. The zero-order chi connectivity index (χ0) is 30.8. The number of benzene rings is 4. The van der Waals surface area contributed by atoms with Crippen LogP contribution in [-0.2, 0) is 9.59 Å². The Morgan fingerprint density at radius 3 is 2.21 bits per heavy atom. The molecule has 4 rings (SSSR count). The van der Waals surface area contributed by atoms with Crippen LogP contribution in [0.25, 0.3) is 6.08 Å². The molecule has 43 heavy (non-hydrogen) atoms. The molecule has 0 aromatic heterocycles. The van der Waals surface area contributed by atoms with Gasteiger partial charge >= 0.3 is 0 Å². The van der Waals surface area contributed by atoms with E-state index in [1.165, 1.54) is 11.8 Å². The van der Waals surface area contributed by atoms with Crippen molar-refractivity contribution in [2.75, 3.05) is 17.2 Å². The predicted octanol–water partition coefficient (Wildman–Crippen LogP) is 7.23. The first-order valence-electron chi connectivity index (χ1n) is 14.0. The van der Waals surface area contributed by atoms with Crippen LogP contribution in [0.4, 0.5) is 11.4 Å². The molecule has 0 aliphatic carbocycles. The molecule has 4 aromatic carbocycles. The highest BCUT2D eigenvalue weighted by atomic mass is 32.2. The Hall–Kier alpha value is -4.82. The first-order chi connectivity index (χ1) is 20.7. The van der Waals surface area contributed by atoms with E-state index in [0.29, 0.717) is 23.6 Å². The maximum absolute atomic E-state index is 13.4. The van der Waals surface area contributed by atoms with Gasteiger partial charge in [-0.15, -0.1) is 11.8 Å². The van der Waals surface area contributed by atoms with Crippen molar-refractivity contribution >= 4 is 46.9 Å². The molecule has 0 bridgehead atoms. The summed E-state index contributed by atoms with van der Waals surface area (Å²) < 4.78 is 5.50. The molecule has 0 aliphatic heterocycles. The fourth-order valence-corrected chi connectivity index (χ4v) is 5.00. The minimum absolute atomic E-state index is 0.0886. The first kappa shape index (κ1) is 31.1. The van der Waals surface area contributed by atoms with Crippen LogP contribution in [0.1, 0.15) is 40.9 Å². The third-order valence-electron chi connectivity index (χ3n) is 6.69. The lowest BCUT2D eigenvalue weighted by atomic mass is 10.1. The van der Waals surface area contributed by atoms with Gasteiger partial charge in [-0.25, -0.2) is 0 Å². The van der Waals surface area contributed by atoms with Crippen molar-refractivity contribution in [2.45, 2.75) is 37.8 Å². The topological polar surface area (TPSA) is 96.5 Å². The SMILES string of the molecule is CCOc1ccc(/C=C(\NC(=O)c2ccccc2)C(=O)Nc2ccc(SC(C)C(=O)Nc3cccc(C)c3C)cc2)cc1. The second-order valence-electron chi connectivity index (χ2n) is 9.86. The smallest absolute Gasteiger partial charge is 0.272 e. The highest BCUT2D eigenvalue weighted by Crippen LogP contribution is 2.27. The van der Waals surface area contributed by atoms with Crippen molar-refractivity contribution in [2.24, 2.45) is 0 Å². The van der Waals surface area contributed by atoms with E-state index in [9.17, 15) is 14.4 Å². The standard InChI is InChI=1S/C35H35N3O4S/c1-5-42-29-18-14-26(15-19-29)22-32(38-34(40)27-11-7-6-8-12-27)35(41)36-28-16-20-30(21-17-28)43-25(4)33(39)37-31-13-9-10-23(2)24(31)3/h6-22,25H,5H2,1-4H3,(H,36,41)(H,37,39)(H,38,40)/b32-22-. The van der Waals surface area contributed by atoms with Gasteiger partial charge in [-0.3, -0.25) is 14.4 Å². The minimum Gasteiger partial charge on any atom is -0.494 e. The van der Waals surface area contributed by atoms with Gasteiger partial charge in [-0.1, -0.05) is 42.5 Å². The fraction of sp³-hybridized carbons (Fsp3) is 0.171. The minimum atomic E-state index is -0.472. The number of amides is 3. The molecule has 0 heterocycles. The predicted molar refractivity (Wildman–Crippen MR) is 174 cm³/mol. The summed E-state index contributed by atoms with van der Waals surface area (Å²) in [6, 6.07) is 29.0. The number of hydrogen-bond acceptors (Lipinski definition) is 5. The van der Waals surface area contributed by atoms with Gasteiger partial charge in [0.25, 0.3) is 11.8 Å². The quantitative estimate of drug-likeness (QED) is 0.126. The molecular formula is C35H35N3O4S. The molecule has 1 atom stereocenters. The summed E-state index contributed by atoms with van der Waals surface area (Å²) in [6.45, 7) is 8.31. The molecule has 0 aliphatic rings. The van der Waals surface area contributed by atoms with Crippen molar-refractivity contribution in [3.8, 4) is 5.75 Å². The Labute approximate surface area is 256 Å². The third-order valence-corrected chi connectivity index (χ3v) is 7.80. The van der Waals surface area contributed by atoms with Gasteiger partial charge in [0, 0.05) is 21.8 Å². The van der Waals surface area contributed by atoms with Crippen LogP contribution in [0.5, 0.6) is 5.75 Å². The summed E-state index contributed by atoms with van der Waals surface area (Å²) in [6.07, 6.45) is 1.62. The molecular weight excluding hydrogens is 558 g/mol. The molecule has 0 fully saturated rings. The van der Waals surface area contributed by atoms with Gasteiger partial charge in [0.15, 0.2) is 0 Å². The van der Waals surface area contributed by atoms with Crippen LogP contribution >= 0.6 is 11.8 Å². The second kappa shape index (κ2) is 14.9. The number of carbonyl (C=O) groups excluding carboxylic acids is 3. The molecule has 8 heteroatoms. The van der Waals surface area contributed by atoms with Crippen molar-refractivity contribution in [3.05, 3.63) is 125 Å². The van der Waals surface area contributed by atoms with E-state index in [-0.39, 0.29) is 16.9 Å². The van der Waals surface area contributed by atoms with Crippen LogP contribution in [0.2, 0.25) is 0 Å². The number of ether oxygens (including phenoxy) is 1. The number of anilines is 2. The van der Waals surface area contributed by atoms with Gasteiger partial charge < -0.3 is 20.7 Å². The number of rotatable bonds is 11. The second-order valence-corrected chi connectivity index (χ2v) is 11.3. The average Bonchev–Trinajstić information content (AvgIpc) is 3.01. The Balaban J connectivity index is 1.44. The zero-order valence-electron chi connectivity index (χ0n) is 24.6. The monoisotopic (exact) mass is 593 g/mol. The highest BCUT2D eigenvalue weighted by Gasteiger charge is 2.17. The van der Waals surface area contributed by atoms with Crippen LogP contribution in [0, 0.1) is 13.8 Å². The summed E-state index contributed by atoms with van der Waals surface area (Å²) >= 11 is 1.42. The molecule has 0 radical (unpaired) electrons. The number of hydrogen-bond donors (Lipinski definition) is 3. The Morgan fingerprint density at radius 2 is 1.53 bits per heavy atom. The summed E-state index contributed by atoms with van der Waals surface area (Å²) in [5.74, 6) is -0.240. The van der Waals surface area contributed by atoms with E-state index in [2.05, 4.69) is 16.0 Å². The molecule has 0 saturated heterocycles. The lowest BCUT2D eigenvalue weighted by molar-refractivity contribution is -0.115. The van der Waals surface area contributed by atoms with E-state index >= 15 is 0 Å². The summed E-state index contributed by atoms with van der Waals surface area (Å²) in [7, 11) is 0. The molecule has 3 amide bonds.